The van der Waals surface area contributed by atoms with Gasteiger partial charge in [0.25, 0.3) is 11.5 Å². The summed E-state index contributed by atoms with van der Waals surface area (Å²) >= 11 is 3.30. The third kappa shape index (κ3) is 13.2. The Morgan fingerprint density at radius 3 is 1.57 bits per heavy atom. The van der Waals surface area contributed by atoms with Crippen molar-refractivity contribution in [2.24, 2.45) is 11.8 Å². The van der Waals surface area contributed by atoms with Gasteiger partial charge in [-0.2, -0.15) is 0 Å². The molecule has 2 aliphatic rings. The Balaban J connectivity index is 0.000000281. The van der Waals surface area contributed by atoms with Crippen LogP contribution < -0.4 is 10.9 Å². The van der Waals surface area contributed by atoms with Gasteiger partial charge in [0.15, 0.2) is 0 Å². The van der Waals surface area contributed by atoms with Gasteiger partial charge in [0.2, 0.25) is 0 Å². The molecule has 14 heteroatoms. The van der Waals surface area contributed by atoms with Gasteiger partial charge in [-0.1, -0.05) is 13.8 Å². The first-order valence-electron chi connectivity index (χ1n) is 21.8. The molecule has 0 bridgehead atoms. The highest BCUT2D eigenvalue weighted by molar-refractivity contribution is 7.10. The molecule has 338 valence electrons. The van der Waals surface area contributed by atoms with E-state index in [1.807, 2.05) is 95.9 Å². The maximum absolute atomic E-state index is 13.0. The number of hydrogen-bond acceptors (Lipinski definition) is 10. The fourth-order valence-electron chi connectivity index (χ4n) is 8.58. The molecule has 2 N–H and O–H groups in total. The largest absolute Gasteiger partial charge is 0.465 e. The molecule has 61 heavy (non-hydrogen) atoms. The molecule has 0 spiro atoms. The lowest BCUT2D eigenvalue weighted by Crippen LogP contribution is -2.42. The van der Waals surface area contributed by atoms with E-state index in [0.717, 1.165) is 74.0 Å². The number of ether oxygens (including phenoxy) is 3. The van der Waals surface area contributed by atoms with E-state index >= 15 is 0 Å². The number of aromatic nitrogens is 1. The van der Waals surface area contributed by atoms with Crippen molar-refractivity contribution in [2.45, 2.75) is 151 Å². The molecule has 5 rings (SSSR count). The molecular weight excluding hydrogens is 813 g/mol. The van der Waals surface area contributed by atoms with E-state index in [-0.39, 0.29) is 36.2 Å². The highest BCUT2D eigenvalue weighted by atomic mass is 32.1. The molecule has 2 fully saturated rings. The Bertz CT molecular complexity index is 2040. The van der Waals surface area contributed by atoms with Crippen molar-refractivity contribution in [3.8, 4) is 0 Å². The molecule has 2 atom stereocenters. The van der Waals surface area contributed by atoms with Crippen molar-refractivity contribution in [1.82, 2.24) is 20.1 Å². The number of H-pyrrole nitrogens is 1. The van der Waals surface area contributed by atoms with Crippen LogP contribution in [0.5, 0.6) is 0 Å². The van der Waals surface area contributed by atoms with Gasteiger partial charge in [-0.3, -0.25) is 9.59 Å². The maximum Gasteiger partial charge on any atom is 0.410 e. The zero-order chi connectivity index (χ0) is 45.4. The van der Waals surface area contributed by atoms with Gasteiger partial charge in [0.1, 0.15) is 11.2 Å². The lowest BCUT2D eigenvalue weighted by Gasteiger charge is -2.36. The van der Waals surface area contributed by atoms with Crippen LogP contribution in [0.3, 0.4) is 0 Å². The number of amides is 3. The topological polar surface area (TPSA) is 147 Å². The van der Waals surface area contributed by atoms with Gasteiger partial charge in [-0.15, -0.1) is 22.7 Å². The van der Waals surface area contributed by atoms with E-state index in [2.05, 4.69) is 24.1 Å². The highest BCUT2D eigenvalue weighted by Crippen LogP contribution is 2.42. The first-order chi connectivity index (χ1) is 28.6. The monoisotopic (exact) mass is 882 g/mol. The second kappa shape index (κ2) is 21.3. The molecule has 3 aromatic heterocycles. The molecule has 3 amide bonds. The molecule has 3 aromatic rings. The second-order valence-electron chi connectivity index (χ2n) is 18.5. The molecule has 5 heterocycles. The second-order valence-corrected chi connectivity index (χ2v) is 20.4. The molecule has 0 aliphatic carbocycles. The van der Waals surface area contributed by atoms with Crippen LogP contribution in [0.1, 0.15) is 164 Å². The first-order valence-corrected chi connectivity index (χ1v) is 23.5. The fourth-order valence-corrected chi connectivity index (χ4v) is 11.3. The summed E-state index contributed by atoms with van der Waals surface area (Å²) in [6.45, 7) is 26.5. The van der Waals surface area contributed by atoms with Crippen molar-refractivity contribution < 1.29 is 33.4 Å². The van der Waals surface area contributed by atoms with Crippen molar-refractivity contribution in [3.05, 3.63) is 76.0 Å². The van der Waals surface area contributed by atoms with E-state index in [9.17, 15) is 24.0 Å². The third-order valence-corrected chi connectivity index (χ3v) is 14.2. The van der Waals surface area contributed by atoms with Crippen molar-refractivity contribution in [2.75, 3.05) is 33.3 Å². The predicted octanol–water partition coefficient (Wildman–Crippen LogP) is 10.4. The minimum Gasteiger partial charge on any atom is -0.465 e. The van der Waals surface area contributed by atoms with E-state index in [1.165, 1.54) is 16.9 Å². The smallest absolute Gasteiger partial charge is 0.410 e. The first kappa shape index (κ1) is 49.5. The van der Waals surface area contributed by atoms with Crippen LogP contribution >= 0.6 is 22.7 Å². The number of nitrogens with one attached hydrogen (secondary N) is 2. The highest BCUT2D eigenvalue weighted by Gasteiger charge is 2.34. The van der Waals surface area contributed by atoms with Crippen LogP contribution in [0.15, 0.2) is 21.6 Å². The molecule has 0 saturated carbocycles. The van der Waals surface area contributed by atoms with E-state index < -0.39 is 11.2 Å². The van der Waals surface area contributed by atoms with Gasteiger partial charge in [-0.05, 0) is 154 Å². The number of carbonyl (C=O) groups is 4. The van der Waals surface area contributed by atoms with Gasteiger partial charge in [0, 0.05) is 64.5 Å². The lowest BCUT2D eigenvalue weighted by molar-refractivity contribution is 0.0163. The molecule has 0 radical (unpaired) electrons. The Kier molecular flexibility index (Phi) is 17.3. The van der Waals surface area contributed by atoms with Crippen molar-refractivity contribution in [3.63, 3.8) is 0 Å². The number of rotatable bonds is 10. The molecule has 2 aliphatic heterocycles. The Morgan fingerprint density at radius 1 is 0.754 bits per heavy atom. The summed E-state index contributed by atoms with van der Waals surface area (Å²) in [7, 11) is 1.42. The molecule has 12 nitrogen and oxygen atoms in total. The number of pyridine rings is 1. The number of likely N-dealkylation sites (tertiary alicyclic amines) is 2. The number of esters is 1. The quantitative estimate of drug-likeness (QED) is 0.151. The molecular formula is C47H70N4O8S2. The van der Waals surface area contributed by atoms with Gasteiger partial charge < -0.3 is 34.3 Å². The summed E-state index contributed by atoms with van der Waals surface area (Å²) in [6.07, 6.45) is 5.32. The average molecular weight is 883 g/mol. The number of methoxy groups -OCH3 is 1. The lowest BCUT2D eigenvalue weighted by atomic mass is 9.80. The van der Waals surface area contributed by atoms with Crippen molar-refractivity contribution >= 4 is 46.7 Å². The van der Waals surface area contributed by atoms with Crippen LogP contribution in [0.4, 0.5) is 9.59 Å². The van der Waals surface area contributed by atoms with Crippen LogP contribution in [-0.4, -0.2) is 83.3 Å². The number of aromatic amines is 1. The summed E-state index contributed by atoms with van der Waals surface area (Å²) in [5.74, 6) is 1.32. The van der Waals surface area contributed by atoms with Crippen LogP contribution in [0, 0.1) is 39.5 Å². The predicted molar refractivity (Wildman–Crippen MR) is 244 cm³/mol. The third-order valence-electron chi connectivity index (χ3n) is 11.8. The fraction of sp³-hybridized carbons (Fsp3) is 0.638. The average Bonchev–Trinajstić information content (AvgIpc) is 3.76. The molecule has 2 saturated heterocycles. The van der Waals surface area contributed by atoms with Gasteiger partial charge >= 0.3 is 18.2 Å². The maximum atomic E-state index is 13.0. The van der Waals surface area contributed by atoms with E-state index in [1.54, 1.807) is 22.7 Å². The van der Waals surface area contributed by atoms with E-state index in [4.69, 9.17) is 14.2 Å². The normalized spacial score (nSPS) is 16.3. The van der Waals surface area contributed by atoms with Crippen LogP contribution in [0.25, 0.3) is 0 Å². The minimum absolute atomic E-state index is 0.154. The number of piperidine rings is 2. The zero-order valence-electron chi connectivity index (χ0n) is 38.8. The van der Waals surface area contributed by atoms with Gasteiger partial charge in [-0.25, -0.2) is 14.4 Å². The molecule has 0 aromatic carbocycles. The molecule has 2 unspecified atom stereocenters. The zero-order valence-corrected chi connectivity index (χ0v) is 40.4. The Hall–Kier alpha value is -4.17. The summed E-state index contributed by atoms with van der Waals surface area (Å²) in [5, 5.41) is 6.78. The Labute approximate surface area is 371 Å². The summed E-state index contributed by atoms with van der Waals surface area (Å²) in [5.41, 5.74) is 4.57. The minimum atomic E-state index is -0.489. The SMILES string of the molecule is CCC(c1scc(C(=O)NCc2c(C)cc(C)[nH]c2=O)c1C)C1CCN(C(=O)OC(C)(C)C)CC1.CCC(c1scc(C(=O)OC)c1C)C1CCN(C(=O)OC(C)(C)C)CC1. The van der Waals surface area contributed by atoms with Crippen LogP contribution in [-0.2, 0) is 20.8 Å². The number of thiophene rings is 2. The van der Waals surface area contributed by atoms with Gasteiger partial charge in [0.05, 0.1) is 18.2 Å². The van der Waals surface area contributed by atoms with Crippen LogP contribution in [0.2, 0.25) is 0 Å². The number of hydrogen-bond donors (Lipinski definition) is 2. The number of aryl methyl sites for hydroxylation is 2. The summed E-state index contributed by atoms with van der Waals surface area (Å²) in [4.78, 5) is 70.8. The van der Waals surface area contributed by atoms with Crippen molar-refractivity contribution in [1.29, 1.82) is 0 Å². The van der Waals surface area contributed by atoms with E-state index in [0.29, 0.717) is 53.5 Å². The Morgan fingerprint density at radius 2 is 1.18 bits per heavy atom. The number of nitrogens with zero attached hydrogens (tertiary/aromatic N) is 2. The standard InChI is InChI=1S/C27H39N3O4S.C20H31NO4S/c1-8-20(19-9-11-30(12-10-19)26(33)34-27(5,6)7)23-18(4)22(15-35-23)24(31)28-14-21-16(2)13-17(3)29-25(21)32;1-7-15(17-13(2)16(12-26-17)18(22)24-6)14-8-10-21(11-9-14)19(23)25-20(3,4)5/h13,15,19-20H,8-12,14H2,1-7H3,(H,28,31)(H,29,32);12,14-15H,7-11H2,1-6H3. The summed E-state index contributed by atoms with van der Waals surface area (Å²) < 4.78 is 15.9. The number of carbonyl (C=O) groups excluding carboxylic acids is 4. The summed E-state index contributed by atoms with van der Waals surface area (Å²) in [6, 6.07) is 1.91.